The minimum atomic E-state index is 0.192. The molecule has 1 amide bonds. The van der Waals surface area contributed by atoms with Gasteiger partial charge in [0.1, 0.15) is 0 Å². The average Bonchev–Trinajstić information content (AvgIpc) is 2.54. The van der Waals surface area contributed by atoms with E-state index in [0.717, 1.165) is 11.8 Å². The molecular weight excluding hydrogens is 254 g/mol. The maximum absolute atomic E-state index is 12.3. The lowest BCUT2D eigenvalue weighted by atomic mass is 9.81. The van der Waals surface area contributed by atoms with Gasteiger partial charge in [0.25, 0.3) is 0 Å². The van der Waals surface area contributed by atoms with Gasteiger partial charge in [-0.05, 0) is 25.2 Å². The summed E-state index contributed by atoms with van der Waals surface area (Å²) in [5, 5.41) is 0.850. The molecule has 0 aliphatic heterocycles. The quantitative estimate of drug-likeness (QED) is 0.725. The Morgan fingerprint density at radius 1 is 1.60 bits per heavy atom. The van der Waals surface area contributed by atoms with Gasteiger partial charge in [-0.1, -0.05) is 36.2 Å². The minimum absolute atomic E-state index is 0.192. The molecule has 1 aliphatic carbocycles. The van der Waals surface area contributed by atoms with Gasteiger partial charge in [0.05, 0.1) is 0 Å². The molecule has 1 fully saturated rings. The standard InChI is InChI=1S/C12H22BrNO/c1-9(8-13)14(4)11(15)10-6-5-7-12(10,2)3/h9-10H,5-8H2,1-4H3. The molecule has 0 saturated heterocycles. The van der Waals surface area contributed by atoms with Crippen LogP contribution in [0.1, 0.15) is 40.0 Å². The fourth-order valence-electron chi connectivity index (χ4n) is 2.35. The summed E-state index contributed by atoms with van der Waals surface area (Å²) in [4.78, 5) is 14.2. The number of amides is 1. The van der Waals surface area contributed by atoms with Crippen LogP contribution < -0.4 is 0 Å². The summed E-state index contributed by atoms with van der Waals surface area (Å²) in [7, 11) is 1.92. The van der Waals surface area contributed by atoms with Crippen LogP contribution in [0.15, 0.2) is 0 Å². The molecule has 15 heavy (non-hydrogen) atoms. The summed E-state index contributed by atoms with van der Waals surface area (Å²) >= 11 is 3.43. The van der Waals surface area contributed by atoms with Crippen LogP contribution in [0.5, 0.6) is 0 Å². The molecule has 0 aromatic carbocycles. The fourth-order valence-corrected chi connectivity index (χ4v) is 2.79. The van der Waals surface area contributed by atoms with Crippen LogP contribution in [0, 0.1) is 11.3 Å². The molecule has 0 bridgehead atoms. The van der Waals surface area contributed by atoms with Gasteiger partial charge in [0, 0.05) is 24.3 Å². The lowest BCUT2D eigenvalue weighted by Gasteiger charge is -2.32. The Morgan fingerprint density at radius 3 is 2.60 bits per heavy atom. The summed E-state index contributed by atoms with van der Waals surface area (Å²) < 4.78 is 0. The molecule has 2 nitrogen and oxygen atoms in total. The van der Waals surface area contributed by atoms with Gasteiger partial charge in [-0.2, -0.15) is 0 Å². The number of nitrogens with zero attached hydrogens (tertiary/aromatic N) is 1. The Hall–Kier alpha value is -0.0500. The minimum Gasteiger partial charge on any atom is -0.342 e. The van der Waals surface area contributed by atoms with Crippen molar-refractivity contribution in [2.75, 3.05) is 12.4 Å². The second kappa shape index (κ2) is 4.86. The summed E-state index contributed by atoms with van der Waals surface area (Å²) in [6, 6.07) is 0.286. The van der Waals surface area contributed by atoms with Gasteiger partial charge in [0.15, 0.2) is 0 Å². The third kappa shape index (κ3) is 2.74. The molecule has 0 spiro atoms. The van der Waals surface area contributed by atoms with E-state index in [0.29, 0.717) is 5.91 Å². The van der Waals surface area contributed by atoms with Crippen LogP contribution in [-0.4, -0.2) is 29.2 Å². The van der Waals surface area contributed by atoms with Crippen LogP contribution >= 0.6 is 15.9 Å². The van der Waals surface area contributed by atoms with E-state index in [1.54, 1.807) is 0 Å². The van der Waals surface area contributed by atoms with E-state index < -0.39 is 0 Å². The molecule has 2 unspecified atom stereocenters. The maximum atomic E-state index is 12.3. The number of carbonyl (C=O) groups excluding carboxylic acids is 1. The van der Waals surface area contributed by atoms with Crippen LogP contribution in [-0.2, 0) is 4.79 Å². The topological polar surface area (TPSA) is 20.3 Å². The van der Waals surface area contributed by atoms with Crippen molar-refractivity contribution in [2.24, 2.45) is 11.3 Å². The SMILES string of the molecule is CC(CBr)N(C)C(=O)C1CCCC1(C)C. The lowest BCUT2D eigenvalue weighted by molar-refractivity contribution is -0.138. The van der Waals surface area contributed by atoms with Crippen LogP contribution in [0.25, 0.3) is 0 Å². The van der Waals surface area contributed by atoms with Gasteiger partial charge in [-0.25, -0.2) is 0 Å². The summed E-state index contributed by atoms with van der Waals surface area (Å²) in [6.07, 6.45) is 3.44. The van der Waals surface area contributed by atoms with Crippen LogP contribution in [0.4, 0.5) is 0 Å². The van der Waals surface area contributed by atoms with Crippen molar-refractivity contribution >= 4 is 21.8 Å². The highest BCUT2D eigenvalue weighted by molar-refractivity contribution is 9.09. The molecule has 0 radical (unpaired) electrons. The van der Waals surface area contributed by atoms with E-state index in [9.17, 15) is 4.79 Å². The largest absolute Gasteiger partial charge is 0.342 e. The Morgan fingerprint density at radius 2 is 2.20 bits per heavy atom. The normalized spacial score (nSPS) is 26.3. The number of hydrogen-bond donors (Lipinski definition) is 0. The fraction of sp³-hybridized carbons (Fsp3) is 0.917. The first-order valence-electron chi connectivity index (χ1n) is 5.73. The van der Waals surface area contributed by atoms with E-state index in [1.807, 2.05) is 11.9 Å². The smallest absolute Gasteiger partial charge is 0.226 e. The van der Waals surface area contributed by atoms with E-state index in [-0.39, 0.29) is 17.4 Å². The van der Waals surface area contributed by atoms with Crippen LogP contribution in [0.3, 0.4) is 0 Å². The monoisotopic (exact) mass is 275 g/mol. The average molecular weight is 276 g/mol. The summed E-state index contributed by atoms with van der Waals surface area (Å²) in [6.45, 7) is 6.51. The Kier molecular flexibility index (Phi) is 4.21. The van der Waals surface area contributed by atoms with E-state index in [1.165, 1.54) is 12.8 Å². The first-order valence-corrected chi connectivity index (χ1v) is 6.85. The van der Waals surface area contributed by atoms with E-state index in [2.05, 4.69) is 36.7 Å². The summed E-state index contributed by atoms with van der Waals surface area (Å²) in [5.74, 6) is 0.549. The van der Waals surface area contributed by atoms with E-state index >= 15 is 0 Å². The van der Waals surface area contributed by atoms with Crippen molar-refractivity contribution in [1.29, 1.82) is 0 Å². The molecular formula is C12H22BrNO. The summed E-state index contributed by atoms with van der Waals surface area (Å²) in [5.41, 5.74) is 0.192. The molecule has 0 aromatic heterocycles. The lowest BCUT2D eigenvalue weighted by Crippen LogP contribution is -2.42. The first-order chi connectivity index (χ1) is 6.90. The van der Waals surface area contributed by atoms with E-state index in [4.69, 9.17) is 0 Å². The second-order valence-electron chi connectivity index (χ2n) is 5.39. The first kappa shape index (κ1) is 13.0. The molecule has 2 atom stereocenters. The van der Waals surface area contributed by atoms with Crippen molar-refractivity contribution in [2.45, 2.75) is 46.1 Å². The van der Waals surface area contributed by atoms with Gasteiger partial charge in [-0.3, -0.25) is 4.79 Å². The van der Waals surface area contributed by atoms with Crippen LogP contribution in [0.2, 0.25) is 0 Å². The van der Waals surface area contributed by atoms with Crippen molar-refractivity contribution in [3.05, 3.63) is 0 Å². The predicted octanol–water partition coefficient (Wildman–Crippen LogP) is 3.05. The Balaban J connectivity index is 2.68. The Bertz CT molecular complexity index is 240. The van der Waals surface area contributed by atoms with Crippen molar-refractivity contribution < 1.29 is 4.79 Å². The third-order valence-corrected chi connectivity index (χ3v) is 4.72. The number of alkyl halides is 1. The number of hydrogen-bond acceptors (Lipinski definition) is 1. The van der Waals surface area contributed by atoms with Gasteiger partial charge in [0.2, 0.25) is 5.91 Å². The predicted molar refractivity (Wildman–Crippen MR) is 67.1 cm³/mol. The number of rotatable bonds is 3. The molecule has 0 aromatic rings. The highest BCUT2D eigenvalue weighted by Crippen LogP contribution is 2.43. The second-order valence-corrected chi connectivity index (χ2v) is 6.03. The molecule has 3 heteroatoms. The van der Waals surface area contributed by atoms with Crippen molar-refractivity contribution in [1.82, 2.24) is 4.90 Å². The molecule has 88 valence electrons. The molecule has 1 rings (SSSR count). The highest BCUT2D eigenvalue weighted by Gasteiger charge is 2.40. The van der Waals surface area contributed by atoms with Gasteiger partial charge < -0.3 is 4.90 Å². The zero-order chi connectivity index (χ0) is 11.6. The van der Waals surface area contributed by atoms with Gasteiger partial charge >= 0.3 is 0 Å². The number of carbonyl (C=O) groups is 1. The zero-order valence-corrected chi connectivity index (χ0v) is 11.8. The molecule has 0 N–H and O–H groups in total. The van der Waals surface area contributed by atoms with Crippen molar-refractivity contribution in [3.8, 4) is 0 Å². The van der Waals surface area contributed by atoms with Crippen molar-refractivity contribution in [3.63, 3.8) is 0 Å². The third-order valence-electron chi connectivity index (χ3n) is 3.79. The Labute approximate surface area is 102 Å². The molecule has 0 heterocycles. The van der Waals surface area contributed by atoms with Gasteiger partial charge in [-0.15, -0.1) is 0 Å². The maximum Gasteiger partial charge on any atom is 0.226 e. The zero-order valence-electron chi connectivity index (χ0n) is 10.2. The molecule has 1 aliphatic rings. The molecule has 1 saturated carbocycles. The number of halogens is 1. The highest BCUT2D eigenvalue weighted by atomic mass is 79.9.